The molecule has 1 aliphatic rings. The minimum atomic E-state index is -1.48. The van der Waals surface area contributed by atoms with Crippen LogP contribution >= 0.6 is 0 Å². The van der Waals surface area contributed by atoms with E-state index in [1.807, 2.05) is 30.3 Å². The number of hydrogen-bond acceptors (Lipinski definition) is 5. The van der Waals surface area contributed by atoms with Gasteiger partial charge in [0.1, 0.15) is 11.0 Å². The predicted octanol–water partition coefficient (Wildman–Crippen LogP) is 3.67. The second-order valence-electron chi connectivity index (χ2n) is 7.64. The monoisotopic (exact) mass is 359 g/mol. The third-order valence-electron chi connectivity index (χ3n) is 4.53. The second kappa shape index (κ2) is 7.81. The molecule has 0 aliphatic heterocycles. The van der Waals surface area contributed by atoms with Gasteiger partial charge in [0, 0.05) is 11.3 Å². The third kappa shape index (κ3) is 4.56. The first kappa shape index (κ1) is 19.8. The van der Waals surface area contributed by atoms with Gasteiger partial charge in [0.05, 0.1) is 5.92 Å². The Labute approximate surface area is 153 Å². The highest BCUT2D eigenvalue weighted by atomic mass is 16.6. The summed E-state index contributed by atoms with van der Waals surface area (Å²) in [4.78, 5) is 36.4. The largest absolute Gasteiger partial charge is 0.459 e. The van der Waals surface area contributed by atoms with Crippen LogP contribution in [-0.4, -0.2) is 28.8 Å². The van der Waals surface area contributed by atoms with Crippen LogP contribution in [0.4, 0.5) is 0 Å². The van der Waals surface area contributed by atoms with Crippen LogP contribution in [0.3, 0.4) is 0 Å². The lowest BCUT2D eigenvalue weighted by molar-refractivity contribution is -0.488. The Bertz CT molecular complexity index is 705. The minimum Gasteiger partial charge on any atom is -0.459 e. The molecule has 6 heteroatoms. The maximum Gasteiger partial charge on any atom is 0.321 e. The molecule has 1 saturated carbocycles. The van der Waals surface area contributed by atoms with Gasteiger partial charge in [-0.25, -0.2) is 0 Å². The molecule has 2 rings (SSSR count). The summed E-state index contributed by atoms with van der Waals surface area (Å²) < 4.78 is 5.49. The molecule has 1 aromatic rings. The van der Waals surface area contributed by atoms with Gasteiger partial charge in [0.15, 0.2) is 5.78 Å². The Kier molecular flexibility index (Phi) is 5.95. The molecule has 6 nitrogen and oxygen atoms in total. The number of benzene rings is 1. The van der Waals surface area contributed by atoms with Crippen molar-refractivity contribution in [1.29, 1.82) is 0 Å². The molecule has 0 saturated heterocycles. The van der Waals surface area contributed by atoms with Crippen LogP contribution in [0.25, 0.3) is 6.08 Å². The van der Waals surface area contributed by atoms with Crippen LogP contribution in [0.5, 0.6) is 0 Å². The summed E-state index contributed by atoms with van der Waals surface area (Å²) in [6, 6.07) is 9.29. The Hall–Kier alpha value is -2.50. The Morgan fingerprint density at radius 1 is 1.35 bits per heavy atom. The summed E-state index contributed by atoms with van der Waals surface area (Å²) in [5.41, 5.74) is -1.40. The van der Waals surface area contributed by atoms with Gasteiger partial charge in [-0.3, -0.25) is 19.7 Å². The van der Waals surface area contributed by atoms with Crippen molar-refractivity contribution < 1.29 is 19.2 Å². The van der Waals surface area contributed by atoms with E-state index in [2.05, 4.69) is 0 Å². The summed E-state index contributed by atoms with van der Waals surface area (Å²) in [5.74, 6) is -1.77. The van der Waals surface area contributed by atoms with E-state index in [-0.39, 0.29) is 18.6 Å². The Morgan fingerprint density at radius 2 is 2.00 bits per heavy atom. The number of nitrogens with zero attached hydrogens (tertiary/aromatic N) is 1. The molecule has 0 N–H and O–H groups in total. The lowest BCUT2D eigenvalue weighted by Gasteiger charge is -2.33. The summed E-state index contributed by atoms with van der Waals surface area (Å²) >= 11 is 0. The van der Waals surface area contributed by atoms with Crippen molar-refractivity contribution in [2.75, 3.05) is 6.54 Å². The number of hydrogen-bond donors (Lipinski definition) is 0. The zero-order valence-corrected chi connectivity index (χ0v) is 15.4. The van der Waals surface area contributed by atoms with Crippen molar-refractivity contribution in [1.82, 2.24) is 0 Å². The minimum absolute atomic E-state index is 0.243. The van der Waals surface area contributed by atoms with E-state index in [0.717, 1.165) is 5.56 Å². The average Bonchev–Trinajstić information content (AvgIpc) is 2.93. The number of rotatable bonds is 6. The molecule has 140 valence electrons. The van der Waals surface area contributed by atoms with Gasteiger partial charge in [-0.2, -0.15) is 0 Å². The first-order chi connectivity index (χ1) is 12.1. The van der Waals surface area contributed by atoms with Crippen LogP contribution in [0.1, 0.15) is 45.6 Å². The molecule has 0 aromatic heterocycles. The Morgan fingerprint density at radius 3 is 2.50 bits per heavy atom. The normalized spacial score (nSPS) is 21.7. The molecule has 0 amide bonds. The maximum absolute atomic E-state index is 12.9. The van der Waals surface area contributed by atoms with Gasteiger partial charge < -0.3 is 4.74 Å². The zero-order valence-electron chi connectivity index (χ0n) is 15.4. The van der Waals surface area contributed by atoms with E-state index < -0.39 is 34.4 Å². The number of ether oxygens (including phenoxy) is 1. The topological polar surface area (TPSA) is 86.5 Å². The number of carbonyl (C=O) groups excluding carboxylic acids is 2. The van der Waals surface area contributed by atoms with Crippen molar-refractivity contribution in [3.05, 3.63) is 52.1 Å². The molecule has 0 unspecified atom stereocenters. The molecule has 1 fully saturated rings. The molecule has 1 aromatic carbocycles. The molecule has 0 bridgehead atoms. The van der Waals surface area contributed by atoms with Crippen LogP contribution in [0.2, 0.25) is 0 Å². The molecule has 0 radical (unpaired) electrons. The van der Waals surface area contributed by atoms with Crippen molar-refractivity contribution in [2.45, 2.75) is 45.6 Å². The molecule has 2 atom stereocenters. The highest BCUT2D eigenvalue weighted by molar-refractivity contribution is 6.06. The lowest BCUT2D eigenvalue weighted by Crippen LogP contribution is -2.47. The number of nitro groups is 1. The van der Waals surface area contributed by atoms with E-state index in [4.69, 9.17) is 4.74 Å². The number of carbonyl (C=O) groups is 2. The molecule has 0 heterocycles. The first-order valence-electron chi connectivity index (χ1n) is 8.77. The molecular weight excluding hydrogens is 334 g/mol. The van der Waals surface area contributed by atoms with Gasteiger partial charge in [0.2, 0.25) is 6.54 Å². The van der Waals surface area contributed by atoms with Crippen molar-refractivity contribution >= 4 is 17.8 Å². The summed E-state index contributed by atoms with van der Waals surface area (Å²) in [7, 11) is 0. The van der Waals surface area contributed by atoms with Crippen LogP contribution in [-0.2, 0) is 14.3 Å². The van der Waals surface area contributed by atoms with Crippen molar-refractivity contribution in [2.24, 2.45) is 11.3 Å². The van der Waals surface area contributed by atoms with Gasteiger partial charge in [-0.15, -0.1) is 0 Å². The number of esters is 1. The summed E-state index contributed by atoms with van der Waals surface area (Å²) in [6.45, 7) is 4.68. The quantitative estimate of drug-likeness (QED) is 0.335. The van der Waals surface area contributed by atoms with Crippen molar-refractivity contribution in [3.63, 3.8) is 0 Å². The van der Waals surface area contributed by atoms with Gasteiger partial charge in [-0.1, -0.05) is 42.5 Å². The number of Topliss-reactive ketones (excluding diaryl/α,β-unsaturated/α-hetero) is 1. The van der Waals surface area contributed by atoms with Crippen LogP contribution in [0.15, 0.2) is 36.4 Å². The van der Waals surface area contributed by atoms with E-state index in [1.54, 1.807) is 32.9 Å². The molecule has 26 heavy (non-hydrogen) atoms. The maximum atomic E-state index is 12.9. The molecule has 0 spiro atoms. The highest BCUT2D eigenvalue weighted by Crippen LogP contribution is 2.44. The Balaban J connectivity index is 2.42. The van der Waals surface area contributed by atoms with Gasteiger partial charge in [0.25, 0.3) is 0 Å². The SMILES string of the molecule is CC(C)(C)OC(=O)[C@@]1([C@H](/C=C/c2ccccc2)C[N+](=O)[O-])CCCC1=O. The molecule has 1 aliphatic carbocycles. The van der Waals surface area contributed by atoms with Crippen LogP contribution in [0, 0.1) is 21.4 Å². The third-order valence-corrected chi connectivity index (χ3v) is 4.53. The first-order valence-corrected chi connectivity index (χ1v) is 8.77. The van der Waals surface area contributed by atoms with E-state index in [1.165, 1.54) is 0 Å². The summed E-state index contributed by atoms with van der Waals surface area (Å²) in [5, 5.41) is 11.2. The standard InChI is InChI=1S/C20H25NO5/c1-19(2,3)26-18(23)20(13-7-10-17(20)22)16(14-21(24)25)12-11-15-8-5-4-6-9-15/h4-6,8-9,11-12,16H,7,10,13-14H2,1-3H3/b12-11+/t16-,20-/m1/s1. The van der Waals surface area contributed by atoms with E-state index in [9.17, 15) is 19.7 Å². The average molecular weight is 359 g/mol. The fraction of sp³-hybridized carbons (Fsp3) is 0.500. The summed E-state index contributed by atoms with van der Waals surface area (Å²) in [6.07, 6.45) is 4.40. The van der Waals surface area contributed by atoms with Crippen molar-refractivity contribution in [3.8, 4) is 0 Å². The highest BCUT2D eigenvalue weighted by Gasteiger charge is 2.56. The van der Waals surface area contributed by atoms with Crippen LogP contribution < -0.4 is 0 Å². The second-order valence-corrected chi connectivity index (χ2v) is 7.64. The predicted molar refractivity (Wildman–Crippen MR) is 98.0 cm³/mol. The van der Waals surface area contributed by atoms with E-state index in [0.29, 0.717) is 6.42 Å². The number of ketones is 1. The lowest BCUT2D eigenvalue weighted by atomic mass is 9.72. The fourth-order valence-electron chi connectivity index (χ4n) is 3.35. The van der Waals surface area contributed by atoms with Gasteiger partial charge >= 0.3 is 5.97 Å². The van der Waals surface area contributed by atoms with E-state index >= 15 is 0 Å². The zero-order chi connectivity index (χ0) is 19.4. The smallest absolute Gasteiger partial charge is 0.321 e. The fourth-order valence-corrected chi connectivity index (χ4v) is 3.35. The van der Waals surface area contributed by atoms with Gasteiger partial charge in [-0.05, 0) is 39.2 Å². The molecular formula is C20H25NO5.